The van der Waals surface area contributed by atoms with E-state index in [0.717, 1.165) is 6.07 Å². The molecule has 1 aromatic heterocycles. The number of rotatable bonds is 5. The zero-order chi connectivity index (χ0) is 19.7. The number of benzene rings is 2. The number of carbonyl (C=O) groups is 1. The van der Waals surface area contributed by atoms with Gasteiger partial charge in [0.2, 0.25) is 10.9 Å². The smallest absolute Gasteiger partial charge is 0.337 e. The molecule has 0 radical (unpaired) electrons. The molecule has 9 heteroatoms. The molecule has 0 atom stereocenters. The second kappa shape index (κ2) is 7.04. The fraction of sp³-hybridized carbons (Fsp3) is 0.222. The maximum Gasteiger partial charge on any atom is 0.337 e. The van der Waals surface area contributed by atoms with E-state index in [2.05, 4.69) is 20.6 Å². The van der Waals surface area contributed by atoms with Crippen LogP contribution in [0.25, 0.3) is 28.3 Å². The van der Waals surface area contributed by atoms with Gasteiger partial charge in [-0.25, -0.2) is 9.78 Å². The highest BCUT2D eigenvalue weighted by Gasteiger charge is 2.17. The van der Waals surface area contributed by atoms with Gasteiger partial charge in [-0.1, -0.05) is 0 Å². The largest absolute Gasteiger partial charge is 0.507 e. The molecule has 5 N–H and O–H groups in total. The minimum absolute atomic E-state index is 0.0209. The van der Waals surface area contributed by atoms with Crippen LogP contribution >= 0.6 is 0 Å². The number of aromatic nitrogens is 2. The van der Waals surface area contributed by atoms with Crippen LogP contribution in [0.2, 0.25) is 0 Å². The molecule has 0 saturated carbocycles. The van der Waals surface area contributed by atoms with Crippen LogP contribution in [-0.4, -0.2) is 46.3 Å². The van der Waals surface area contributed by atoms with E-state index in [0.29, 0.717) is 13.1 Å². The number of aromatic hydroxyl groups is 1. The van der Waals surface area contributed by atoms with Gasteiger partial charge in [0.05, 0.1) is 16.3 Å². The van der Waals surface area contributed by atoms with Crippen molar-refractivity contribution < 1.29 is 15.0 Å². The number of hydrogen-bond acceptors (Lipinski definition) is 7. The Morgan fingerprint density at radius 1 is 1.22 bits per heavy atom. The minimum Gasteiger partial charge on any atom is -0.507 e. The van der Waals surface area contributed by atoms with Crippen LogP contribution in [-0.2, 0) is 0 Å². The van der Waals surface area contributed by atoms with Crippen molar-refractivity contribution in [1.29, 1.82) is 0 Å². The lowest BCUT2D eigenvalue weighted by molar-refractivity contribution is 0.0699. The first kappa shape index (κ1) is 18.3. The average Bonchev–Trinajstić information content (AvgIpc) is 2.65. The highest BCUT2D eigenvalue weighted by molar-refractivity contribution is 6.02. The molecule has 140 valence electrons. The maximum atomic E-state index is 12.6. The molecule has 1 heterocycles. The molecule has 0 aliphatic carbocycles. The number of carboxylic acids is 1. The number of likely N-dealkylation sites (N-methyl/N-ethyl adjacent to an activating group) is 1. The predicted molar refractivity (Wildman–Crippen MR) is 101 cm³/mol. The highest BCUT2D eigenvalue weighted by atomic mass is 16.4. The number of hydrogen-bond donors (Lipinski definition) is 5. The van der Waals surface area contributed by atoms with Crippen molar-refractivity contribution in [1.82, 2.24) is 20.6 Å². The normalized spacial score (nSPS) is 12.0. The molecule has 0 bridgehead atoms. The second-order valence-corrected chi connectivity index (χ2v) is 6.02. The number of nitrogens with zero attached hydrogens (tertiary/aromatic N) is 1. The van der Waals surface area contributed by atoms with E-state index in [9.17, 15) is 24.6 Å². The fourth-order valence-corrected chi connectivity index (χ4v) is 2.82. The molecule has 3 aromatic rings. The van der Waals surface area contributed by atoms with Crippen molar-refractivity contribution >= 4 is 34.2 Å². The molecular weight excluding hydrogens is 352 g/mol. The highest BCUT2D eigenvalue weighted by Crippen LogP contribution is 2.17. The number of phenolic OH excluding ortho intramolecular Hbond substituents is 1. The van der Waals surface area contributed by atoms with Crippen LogP contribution in [0.1, 0.15) is 15.9 Å². The molecule has 0 amide bonds. The number of aromatic carboxylic acids is 1. The Morgan fingerprint density at radius 2 is 1.96 bits per heavy atom. The summed E-state index contributed by atoms with van der Waals surface area (Å²) in [7, 11) is 1.80. The summed E-state index contributed by atoms with van der Waals surface area (Å²) in [5.41, 5.74) is -1.11. The van der Waals surface area contributed by atoms with Crippen molar-refractivity contribution in [2.24, 2.45) is 0 Å². The van der Waals surface area contributed by atoms with Crippen LogP contribution in [0.4, 0.5) is 0 Å². The summed E-state index contributed by atoms with van der Waals surface area (Å²) < 4.78 is 0. The van der Waals surface area contributed by atoms with Crippen LogP contribution in [0.5, 0.6) is 5.75 Å². The van der Waals surface area contributed by atoms with Crippen LogP contribution in [0.3, 0.4) is 0 Å². The lowest BCUT2D eigenvalue weighted by atomic mass is 10.1. The molecule has 0 aliphatic heterocycles. The second-order valence-electron chi connectivity index (χ2n) is 6.02. The lowest BCUT2D eigenvalue weighted by Gasteiger charge is -2.08. The minimum atomic E-state index is -1.25. The summed E-state index contributed by atoms with van der Waals surface area (Å²) in [6.07, 6.45) is 1.51. The molecule has 3 rings (SSSR count). The topological polar surface area (TPSA) is 144 Å². The maximum absolute atomic E-state index is 12.6. The van der Waals surface area contributed by atoms with Gasteiger partial charge in [-0.2, -0.15) is 0 Å². The van der Waals surface area contributed by atoms with Crippen molar-refractivity contribution in [3.8, 4) is 5.75 Å². The van der Waals surface area contributed by atoms with E-state index in [1.165, 1.54) is 19.2 Å². The number of fused-ring (bicyclic) bond motifs is 2. The van der Waals surface area contributed by atoms with Crippen LogP contribution < -0.4 is 26.7 Å². The molecule has 9 nitrogen and oxygen atoms in total. The summed E-state index contributed by atoms with van der Waals surface area (Å²) in [5, 5.41) is 26.0. The quantitative estimate of drug-likeness (QED) is 0.296. The first-order chi connectivity index (χ1) is 12.9. The molecule has 0 fully saturated rings. The van der Waals surface area contributed by atoms with Crippen molar-refractivity contribution in [3.63, 3.8) is 0 Å². The summed E-state index contributed by atoms with van der Waals surface area (Å²) in [6.45, 7) is 2.69. The third-order valence-corrected chi connectivity index (χ3v) is 4.28. The number of H-pyrrole nitrogens is 1. The number of aromatic amines is 1. The van der Waals surface area contributed by atoms with Gasteiger partial charge in [0.25, 0.3) is 0 Å². The summed E-state index contributed by atoms with van der Waals surface area (Å²) in [5.74, 6) is -1.49. The number of nitrogens with one attached hydrogen (secondary N) is 3. The van der Waals surface area contributed by atoms with Gasteiger partial charge >= 0.3 is 5.97 Å². The SMILES string of the molecule is CNCCN/C=c1\c(O)c(C)c(=O)c2[nH]c3c(C(=O)O)ccc(=O)c3nc12. The van der Waals surface area contributed by atoms with E-state index in [1.54, 1.807) is 7.05 Å². The first-order valence-corrected chi connectivity index (χ1v) is 8.20. The van der Waals surface area contributed by atoms with Gasteiger partial charge in [0.1, 0.15) is 22.3 Å². The van der Waals surface area contributed by atoms with Gasteiger partial charge in [0.15, 0.2) is 0 Å². The summed E-state index contributed by atoms with van der Waals surface area (Å²) >= 11 is 0. The molecule has 0 unspecified atom stereocenters. The Bertz CT molecular complexity index is 1230. The van der Waals surface area contributed by atoms with Crippen molar-refractivity contribution in [2.75, 3.05) is 20.1 Å². The van der Waals surface area contributed by atoms with Crippen LogP contribution in [0.15, 0.2) is 21.7 Å². The lowest BCUT2D eigenvalue weighted by Crippen LogP contribution is -2.25. The van der Waals surface area contributed by atoms with Gasteiger partial charge in [-0.15, -0.1) is 0 Å². The van der Waals surface area contributed by atoms with Gasteiger partial charge in [0, 0.05) is 24.9 Å². The van der Waals surface area contributed by atoms with Gasteiger partial charge in [-0.05, 0) is 26.1 Å². The van der Waals surface area contributed by atoms with E-state index < -0.39 is 16.8 Å². The van der Waals surface area contributed by atoms with E-state index in [1.807, 2.05) is 0 Å². The Hall–Kier alpha value is -3.46. The Labute approximate surface area is 152 Å². The number of phenols is 1. The monoisotopic (exact) mass is 370 g/mol. The molecule has 0 saturated heterocycles. The zero-order valence-electron chi connectivity index (χ0n) is 14.7. The molecule has 27 heavy (non-hydrogen) atoms. The molecule has 0 spiro atoms. The third-order valence-electron chi connectivity index (χ3n) is 4.28. The molecule has 0 aliphatic rings. The first-order valence-electron chi connectivity index (χ1n) is 8.20. The van der Waals surface area contributed by atoms with E-state index >= 15 is 0 Å². The van der Waals surface area contributed by atoms with Crippen LogP contribution in [0, 0.1) is 6.92 Å². The van der Waals surface area contributed by atoms with Gasteiger partial charge < -0.3 is 25.8 Å². The van der Waals surface area contributed by atoms with Crippen molar-refractivity contribution in [3.05, 3.63) is 48.9 Å². The summed E-state index contributed by atoms with van der Waals surface area (Å²) in [4.78, 5) is 43.2. The Kier molecular flexibility index (Phi) is 4.78. The summed E-state index contributed by atoms with van der Waals surface area (Å²) in [6, 6.07) is 2.28. The fourth-order valence-electron chi connectivity index (χ4n) is 2.82. The Morgan fingerprint density at radius 3 is 2.63 bits per heavy atom. The third kappa shape index (κ3) is 3.08. The number of carboxylic acid groups (broad SMARTS) is 1. The zero-order valence-corrected chi connectivity index (χ0v) is 14.7. The van der Waals surface area contributed by atoms with E-state index in [-0.39, 0.29) is 44.2 Å². The molecule has 2 aromatic carbocycles. The van der Waals surface area contributed by atoms with E-state index in [4.69, 9.17) is 0 Å². The van der Waals surface area contributed by atoms with Crippen molar-refractivity contribution in [2.45, 2.75) is 6.92 Å². The standard InChI is InChI=1S/C18H18N4O5/c1-8-16(24)10(7-20-6-5-19-2)13-15(17(8)25)22-12-9(18(26)27)3-4-11(23)14(12)21-13/h3-4,7,19-20,22,24H,5-6H2,1-2H3,(H,26,27)/b10-7-. The Balaban J connectivity index is 2.45. The van der Waals surface area contributed by atoms with Gasteiger partial charge in [-0.3, -0.25) is 9.59 Å². The molecular formula is C18H18N4O5. The predicted octanol–water partition coefficient (Wildman–Crippen LogP) is -0.585. The average molecular weight is 370 g/mol.